The van der Waals surface area contributed by atoms with Crippen molar-refractivity contribution in [2.24, 2.45) is 0 Å². The Kier molecular flexibility index (Phi) is 4.70. The van der Waals surface area contributed by atoms with E-state index in [1.165, 1.54) is 0 Å². The molecule has 1 aromatic carbocycles. The SMILES string of the molecule is Cc1ccc(S(=O)(=O)NC(C)(C)CCBr)c2cccnc12. The molecule has 0 aliphatic carbocycles. The lowest BCUT2D eigenvalue weighted by Crippen LogP contribution is -2.43. The summed E-state index contributed by atoms with van der Waals surface area (Å²) < 4.78 is 28.2. The van der Waals surface area contributed by atoms with Crippen molar-refractivity contribution < 1.29 is 8.42 Å². The fourth-order valence-electron chi connectivity index (χ4n) is 2.23. The van der Waals surface area contributed by atoms with Crippen LogP contribution in [-0.4, -0.2) is 24.3 Å². The molecule has 0 radical (unpaired) electrons. The summed E-state index contributed by atoms with van der Waals surface area (Å²) >= 11 is 3.35. The Morgan fingerprint density at radius 3 is 2.67 bits per heavy atom. The first kappa shape index (κ1) is 16.4. The summed E-state index contributed by atoms with van der Waals surface area (Å²) in [6.07, 6.45) is 2.38. The van der Waals surface area contributed by atoms with Gasteiger partial charge in [-0.25, -0.2) is 13.1 Å². The van der Waals surface area contributed by atoms with Gasteiger partial charge in [0.15, 0.2) is 0 Å². The van der Waals surface area contributed by atoms with Crippen LogP contribution >= 0.6 is 15.9 Å². The van der Waals surface area contributed by atoms with E-state index >= 15 is 0 Å². The van der Waals surface area contributed by atoms with E-state index in [9.17, 15) is 8.42 Å². The Hall–Kier alpha value is -0.980. The van der Waals surface area contributed by atoms with Crippen LogP contribution in [0.4, 0.5) is 0 Å². The van der Waals surface area contributed by atoms with Crippen molar-refractivity contribution in [1.82, 2.24) is 9.71 Å². The number of nitrogens with one attached hydrogen (secondary N) is 1. The number of hydrogen-bond acceptors (Lipinski definition) is 3. The minimum absolute atomic E-state index is 0.277. The molecule has 0 saturated carbocycles. The normalized spacial score (nSPS) is 12.8. The monoisotopic (exact) mass is 370 g/mol. The van der Waals surface area contributed by atoms with Gasteiger partial charge in [0, 0.05) is 22.5 Å². The lowest BCUT2D eigenvalue weighted by Gasteiger charge is -2.25. The molecule has 0 saturated heterocycles. The summed E-state index contributed by atoms with van der Waals surface area (Å²) in [4.78, 5) is 4.56. The van der Waals surface area contributed by atoms with Crippen molar-refractivity contribution in [3.05, 3.63) is 36.0 Å². The fraction of sp³-hybridized carbons (Fsp3) is 0.400. The van der Waals surface area contributed by atoms with E-state index in [2.05, 4.69) is 25.6 Å². The first-order valence-corrected chi connectivity index (χ1v) is 9.31. The Morgan fingerprint density at radius 1 is 1.29 bits per heavy atom. The molecule has 0 unspecified atom stereocenters. The highest BCUT2D eigenvalue weighted by molar-refractivity contribution is 9.09. The van der Waals surface area contributed by atoms with Gasteiger partial charge >= 0.3 is 0 Å². The molecular formula is C15H19BrN2O2S. The molecular weight excluding hydrogens is 352 g/mol. The highest BCUT2D eigenvalue weighted by Gasteiger charge is 2.27. The Bertz CT molecular complexity index is 757. The third-order valence-corrected chi connectivity index (χ3v) is 5.50. The number of halogens is 1. The van der Waals surface area contributed by atoms with Crippen molar-refractivity contribution in [1.29, 1.82) is 0 Å². The van der Waals surface area contributed by atoms with Gasteiger partial charge in [0.25, 0.3) is 0 Å². The van der Waals surface area contributed by atoms with Crippen molar-refractivity contribution in [3.63, 3.8) is 0 Å². The second-order valence-corrected chi connectivity index (χ2v) is 8.15. The zero-order valence-electron chi connectivity index (χ0n) is 12.4. The third kappa shape index (κ3) is 3.62. The quantitative estimate of drug-likeness (QED) is 0.820. The van der Waals surface area contributed by atoms with Gasteiger partial charge in [-0.3, -0.25) is 4.98 Å². The highest BCUT2D eigenvalue weighted by atomic mass is 79.9. The molecule has 0 amide bonds. The number of sulfonamides is 1. The number of pyridine rings is 1. The Labute approximate surface area is 134 Å². The van der Waals surface area contributed by atoms with Gasteiger partial charge in [-0.05, 0) is 51.0 Å². The van der Waals surface area contributed by atoms with E-state index in [-0.39, 0.29) is 4.90 Å². The molecule has 0 fully saturated rings. The average Bonchev–Trinajstić information content (AvgIpc) is 2.37. The summed E-state index contributed by atoms with van der Waals surface area (Å²) in [5.41, 5.74) is 1.17. The number of aromatic nitrogens is 1. The summed E-state index contributed by atoms with van der Waals surface area (Å²) in [7, 11) is -3.59. The number of fused-ring (bicyclic) bond motifs is 1. The van der Waals surface area contributed by atoms with E-state index in [0.717, 1.165) is 16.4 Å². The summed E-state index contributed by atoms with van der Waals surface area (Å²) in [6.45, 7) is 5.68. The second kappa shape index (κ2) is 6.02. The van der Waals surface area contributed by atoms with Gasteiger partial charge in [0.1, 0.15) is 0 Å². The lowest BCUT2D eigenvalue weighted by molar-refractivity contribution is 0.444. The minimum atomic E-state index is -3.59. The van der Waals surface area contributed by atoms with Crippen LogP contribution in [0.5, 0.6) is 0 Å². The van der Waals surface area contributed by atoms with Gasteiger partial charge in [0.2, 0.25) is 10.0 Å². The summed E-state index contributed by atoms with van der Waals surface area (Å²) in [5, 5.41) is 1.39. The number of nitrogens with zero attached hydrogens (tertiary/aromatic N) is 1. The molecule has 4 nitrogen and oxygen atoms in total. The zero-order valence-corrected chi connectivity index (χ0v) is 14.8. The first-order chi connectivity index (χ1) is 9.77. The van der Waals surface area contributed by atoms with Gasteiger partial charge < -0.3 is 0 Å². The fourth-order valence-corrected chi connectivity index (χ4v) is 4.86. The number of aryl methyl sites for hydroxylation is 1. The molecule has 0 aliphatic rings. The largest absolute Gasteiger partial charge is 0.256 e. The summed E-state index contributed by atoms with van der Waals surface area (Å²) in [6, 6.07) is 6.99. The van der Waals surface area contributed by atoms with Crippen LogP contribution in [0, 0.1) is 6.92 Å². The molecule has 0 spiro atoms. The molecule has 1 heterocycles. The number of hydrogen-bond donors (Lipinski definition) is 1. The van der Waals surface area contributed by atoms with Crippen LogP contribution in [0.3, 0.4) is 0 Å². The van der Waals surface area contributed by atoms with E-state index in [1.54, 1.807) is 30.5 Å². The predicted molar refractivity (Wildman–Crippen MR) is 89.3 cm³/mol. The van der Waals surface area contributed by atoms with Crippen molar-refractivity contribution >= 4 is 36.9 Å². The number of alkyl halides is 1. The van der Waals surface area contributed by atoms with Crippen LogP contribution in [0.15, 0.2) is 35.4 Å². The Morgan fingerprint density at radius 2 is 2.00 bits per heavy atom. The second-order valence-electron chi connectivity index (χ2n) is 5.71. The molecule has 1 N–H and O–H groups in total. The molecule has 21 heavy (non-hydrogen) atoms. The molecule has 114 valence electrons. The minimum Gasteiger partial charge on any atom is -0.256 e. The van der Waals surface area contributed by atoms with Gasteiger partial charge in [-0.2, -0.15) is 0 Å². The van der Waals surface area contributed by atoms with E-state index in [4.69, 9.17) is 0 Å². The maximum Gasteiger partial charge on any atom is 0.241 e. The number of benzene rings is 1. The predicted octanol–water partition coefficient (Wildman–Crippen LogP) is 3.39. The first-order valence-electron chi connectivity index (χ1n) is 6.71. The molecule has 2 rings (SSSR count). The smallest absolute Gasteiger partial charge is 0.241 e. The van der Waals surface area contributed by atoms with Gasteiger partial charge in [0.05, 0.1) is 10.4 Å². The average molecular weight is 371 g/mol. The van der Waals surface area contributed by atoms with Crippen LogP contribution in [0.2, 0.25) is 0 Å². The van der Waals surface area contributed by atoms with Crippen LogP contribution in [-0.2, 0) is 10.0 Å². The topological polar surface area (TPSA) is 59.1 Å². The lowest BCUT2D eigenvalue weighted by atomic mass is 10.0. The van der Waals surface area contributed by atoms with Crippen LogP contribution < -0.4 is 4.72 Å². The van der Waals surface area contributed by atoms with Gasteiger partial charge in [-0.1, -0.05) is 22.0 Å². The molecule has 2 aromatic rings. The maximum atomic E-state index is 12.7. The third-order valence-electron chi connectivity index (χ3n) is 3.35. The highest BCUT2D eigenvalue weighted by Crippen LogP contribution is 2.25. The zero-order chi connectivity index (χ0) is 15.7. The van der Waals surface area contributed by atoms with E-state index < -0.39 is 15.6 Å². The molecule has 0 aliphatic heterocycles. The Balaban J connectivity index is 2.54. The molecule has 6 heteroatoms. The number of rotatable bonds is 5. The molecule has 1 aromatic heterocycles. The summed E-state index contributed by atoms with van der Waals surface area (Å²) in [5.74, 6) is 0. The van der Waals surface area contributed by atoms with Gasteiger partial charge in [-0.15, -0.1) is 0 Å². The van der Waals surface area contributed by atoms with E-state index in [1.807, 2.05) is 20.8 Å². The van der Waals surface area contributed by atoms with E-state index in [0.29, 0.717) is 11.8 Å². The maximum absolute atomic E-state index is 12.7. The standard InChI is InChI=1S/C15H19BrN2O2S/c1-11-6-7-13(12-5-4-10-17-14(11)12)21(19,20)18-15(2,3)8-9-16/h4-7,10,18H,8-9H2,1-3H3. The molecule has 0 bridgehead atoms. The van der Waals surface area contributed by atoms with Crippen molar-refractivity contribution in [2.45, 2.75) is 37.6 Å². The van der Waals surface area contributed by atoms with Crippen molar-refractivity contribution in [2.75, 3.05) is 5.33 Å². The van der Waals surface area contributed by atoms with Crippen LogP contribution in [0.25, 0.3) is 10.9 Å². The molecule has 0 atom stereocenters. The van der Waals surface area contributed by atoms with Crippen molar-refractivity contribution in [3.8, 4) is 0 Å². The van der Waals surface area contributed by atoms with Crippen LogP contribution in [0.1, 0.15) is 25.8 Å².